The maximum Gasteiger partial charge on any atom is 0.121 e. The van der Waals surface area contributed by atoms with Gasteiger partial charge in [0.2, 0.25) is 0 Å². The van der Waals surface area contributed by atoms with Gasteiger partial charge in [-0.25, -0.2) is 0 Å². The molecule has 2 unspecified atom stereocenters. The molecular formula is C14H22N2O. The Morgan fingerprint density at radius 1 is 1.41 bits per heavy atom. The first-order valence-electron chi connectivity index (χ1n) is 6.28. The van der Waals surface area contributed by atoms with Crippen molar-refractivity contribution in [1.29, 1.82) is 0 Å². The van der Waals surface area contributed by atoms with E-state index in [2.05, 4.69) is 30.9 Å². The van der Waals surface area contributed by atoms with E-state index in [1.807, 2.05) is 6.07 Å². The van der Waals surface area contributed by atoms with Gasteiger partial charge >= 0.3 is 0 Å². The summed E-state index contributed by atoms with van der Waals surface area (Å²) in [7, 11) is 1.71. The van der Waals surface area contributed by atoms with Crippen LogP contribution < -0.4 is 15.4 Å². The van der Waals surface area contributed by atoms with Crippen LogP contribution in [0.15, 0.2) is 18.2 Å². The largest absolute Gasteiger partial charge is 0.496 e. The van der Waals surface area contributed by atoms with Gasteiger partial charge in [0.1, 0.15) is 5.75 Å². The lowest BCUT2D eigenvalue weighted by Crippen LogP contribution is -2.45. The first kappa shape index (κ1) is 12.2. The zero-order valence-electron chi connectivity index (χ0n) is 10.9. The van der Waals surface area contributed by atoms with Crippen LogP contribution in [-0.2, 0) is 0 Å². The van der Waals surface area contributed by atoms with Crippen LogP contribution in [-0.4, -0.2) is 25.7 Å². The van der Waals surface area contributed by atoms with Crippen molar-refractivity contribution in [2.45, 2.75) is 38.8 Å². The van der Waals surface area contributed by atoms with Gasteiger partial charge in [-0.3, -0.25) is 0 Å². The van der Waals surface area contributed by atoms with Crippen molar-refractivity contribution in [1.82, 2.24) is 0 Å². The Labute approximate surface area is 104 Å². The maximum atomic E-state index is 5.99. The maximum absolute atomic E-state index is 5.99. The molecule has 2 N–H and O–H groups in total. The third kappa shape index (κ3) is 2.55. The van der Waals surface area contributed by atoms with E-state index in [4.69, 9.17) is 10.5 Å². The molecule has 2 rings (SSSR count). The summed E-state index contributed by atoms with van der Waals surface area (Å²) in [4.78, 5) is 2.44. The van der Waals surface area contributed by atoms with E-state index in [1.54, 1.807) is 7.11 Å². The van der Waals surface area contributed by atoms with E-state index in [0.29, 0.717) is 12.1 Å². The molecule has 0 bridgehead atoms. The van der Waals surface area contributed by atoms with Crippen molar-refractivity contribution in [2.24, 2.45) is 5.73 Å². The Morgan fingerprint density at radius 2 is 2.18 bits per heavy atom. The highest BCUT2D eigenvalue weighted by Gasteiger charge is 2.23. The fraction of sp³-hybridized carbons (Fsp3) is 0.571. The summed E-state index contributed by atoms with van der Waals surface area (Å²) in [5.74, 6) is 0.954. The van der Waals surface area contributed by atoms with Crippen LogP contribution in [0.1, 0.15) is 25.3 Å². The van der Waals surface area contributed by atoms with Gasteiger partial charge in [-0.05, 0) is 50.5 Å². The second-order valence-electron chi connectivity index (χ2n) is 4.98. The van der Waals surface area contributed by atoms with Crippen LogP contribution in [0.3, 0.4) is 0 Å². The van der Waals surface area contributed by atoms with Crippen LogP contribution >= 0.6 is 0 Å². The molecule has 3 nitrogen and oxygen atoms in total. The Bertz CT molecular complexity index is 392. The number of hydrogen-bond acceptors (Lipinski definition) is 3. The third-order valence-corrected chi connectivity index (χ3v) is 3.63. The molecule has 1 aliphatic heterocycles. The average molecular weight is 234 g/mol. The van der Waals surface area contributed by atoms with Crippen molar-refractivity contribution >= 4 is 5.69 Å². The fourth-order valence-corrected chi connectivity index (χ4v) is 2.63. The van der Waals surface area contributed by atoms with E-state index >= 15 is 0 Å². The first-order chi connectivity index (χ1) is 8.11. The number of nitrogens with two attached hydrogens (primary N) is 1. The van der Waals surface area contributed by atoms with Crippen molar-refractivity contribution in [3.05, 3.63) is 23.8 Å². The van der Waals surface area contributed by atoms with Gasteiger partial charge < -0.3 is 15.4 Å². The van der Waals surface area contributed by atoms with E-state index in [-0.39, 0.29) is 0 Å². The van der Waals surface area contributed by atoms with Gasteiger partial charge in [0, 0.05) is 24.3 Å². The van der Waals surface area contributed by atoms with Gasteiger partial charge in [0.25, 0.3) is 0 Å². The number of hydrogen-bond donors (Lipinski definition) is 1. The number of anilines is 1. The molecule has 1 saturated heterocycles. The van der Waals surface area contributed by atoms with Crippen LogP contribution in [0.2, 0.25) is 0 Å². The van der Waals surface area contributed by atoms with E-state index < -0.39 is 0 Å². The molecule has 1 aliphatic rings. The Balaban J connectivity index is 2.19. The molecule has 0 aliphatic carbocycles. The van der Waals surface area contributed by atoms with Gasteiger partial charge in [0.05, 0.1) is 7.11 Å². The number of rotatable bonds is 2. The number of piperidine rings is 1. The summed E-state index contributed by atoms with van der Waals surface area (Å²) in [6.07, 6.45) is 2.15. The fourth-order valence-electron chi connectivity index (χ4n) is 2.63. The molecule has 94 valence electrons. The lowest BCUT2D eigenvalue weighted by atomic mass is 9.98. The minimum Gasteiger partial charge on any atom is -0.496 e. The minimum absolute atomic E-state index is 0.362. The predicted octanol–water partition coefficient (Wildman–Crippen LogP) is 2.32. The summed E-state index contributed by atoms with van der Waals surface area (Å²) in [6.45, 7) is 5.38. The molecule has 3 heteroatoms. The van der Waals surface area contributed by atoms with Gasteiger partial charge in [-0.2, -0.15) is 0 Å². The smallest absolute Gasteiger partial charge is 0.121 e. The molecule has 0 aromatic heterocycles. The quantitative estimate of drug-likeness (QED) is 0.853. The second kappa shape index (κ2) is 4.96. The molecule has 1 heterocycles. The molecular weight excluding hydrogens is 212 g/mol. The topological polar surface area (TPSA) is 38.5 Å². The van der Waals surface area contributed by atoms with Crippen molar-refractivity contribution in [3.8, 4) is 5.75 Å². The van der Waals surface area contributed by atoms with E-state index in [9.17, 15) is 0 Å². The van der Waals surface area contributed by atoms with E-state index in [0.717, 1.165) is 25.1 Å². The van der Waals surface area contributed by atoms with Gasteiger partial charge in [-0.15, -0.1) is 0 Å². The van der Waals surface area contributed by atoms with Crippen LogP contribution in [0, 0.1) is 6.92 Å². The molecule has 2 atom stereocenters. The Morgan fingerprint density at radius 3 is 2.76 bits per heavy atom. The summed E-state index contributed by atoms with van der Waals surface area (Å²) in [6, 6.07) is 7.27. The molecule has 17 heavy (non-hydrogen) atoms. The first-order valence-corrected chi connectivity index (χ1v) is 6.28. The summed E-state index contributed by atoms with van der Waals surface area (Å²) in [5.41, 5.74) is 8.46. The predicted molar refractivity (Wildman–Crippen MR) is 71.7 cm³/mol. The standard InChI is InChI=1S/C14H22N2O/c1-10-8-13(4-5-14(10)17-3)16-7-6-12(15)9-11(16)2/h4-5,8,11-12H,6-7,9,15H2,1-3H3. The monoisotopic (exact) mass is 234 g/mol. The highest BCUT2D eigenvalue weighted by molar-refractivity contribution is 5.53. The molecule has 0 saturated carbocycles. The average Bonchev–Trinajstić information content (AvgIpc) is 2.29. The SMILES string of the molecule is COc1ccc(N2CCC(N)CC2C)cc1C. The molecule has 1 aromatic rings. The summed E-state index contributed by atoms with van der Waals surface area (Å²) >= 11 is 0. The number of ether oxygens (including phenoxy) is 1. The molecule has 0 spiro atoms. The molecule has 0 radical (unpaired) electrons. The Hall–Kier alpha value is -1.22. The van der Waals surface area contributed by atoms with Crippen molar-refractivity contribution < 1.29 is 4.74 Å². The van der Waals surface area contributed by atoms with Crippen molar-refractivity contribution in [3.63, 3.8) is 0 Å². The lowest BCUT2D eigenvalue weighted by Gasteiger charge is -2.38. The number of methoxy groups -OCH3 is 1. The highest BCUT2D eigenvalue weighted by Crippen LogP contribution is 2.28. The summed E-state index contributed by atoms with van der Waals surface area (Å²) in [5, 5.41) is 0. The van der Waals surface area contributed by atoms with Gasteiger partial charge in [-0.1, -0.05) is 0 Å². The van der Waals surface area contributed by atoms with Crippen LogP contribution in [0.5, 0.6) is 5.75 Å². The Kier molecular flexibility index (Phi) is 3.57. The normalized spacial score (nSPS) is 24.8. The number of benzene rings is 1. The number of nitrogens with zero attached hydrogens (tertiary/aromatic N) is 1. The van der Waals surface area contributed by atoms with Crippen LogP contribution in [0.4, 0.5) is 5.69 Å². The second-order valence-corrected chi connectivity index (χ2v) is 4.98. The number of aryl methyl sites for hydroxylation is 1. The van der Waals surface area contributed by atoms with Crippen LogP contribution in [0.25, 0.3) is 0 Å². The molecule has 1 aromatic carbocycles. The lowest BCUT2D eigenvalue weighted by molar-refractivity contribution is 0.410. The molecule has 0 amide bonds. The highest BCUT2D eigenvalue weighted by atomic mass is 16.5. The van der Waals surface area contributed by atoms with E-state index in [1.165, 1.54) is 11.3 Å². The third-order valence-electron chi connectivity index (χ3n) is 3.63. The zero-order valence-corrected chi connectivity index (χ0v) is 10.9. The zero-order chi connectivity index (χ0) is 12.4. The minimum atomic E-state index is 0.362. The van der Waals surface area contributed by atoms with Gasteiger partial charge in [0.15, 0.2) is 0 Å². The van der Waals surface area contributed by atoms with Crippen molar-refractivity contribution in [2.75, 3.05) is 18.6 Å². The summed E-state index contributed by atoms with van der Waals surface area (Å²) < 4.78 is 5.29. The molecule has 1 fully saturated rings.